The molecule has 3 rings (SSSR count). The summed E-state index contributed by atoms with van der Waals surface area (Å²) in [6.45, 7) is 4.48. The van der Waals surface area contributed by atoms with E-state index in [0.29, 0.717) is 6.61 Å². The summed E-state index contributed by atoms with van der Waals surface area (Å²) in [6.07, 6.45) is 8.37. The predicted molar refractivity (Wildman–Crippen MR) is 119 cm³/mol. The number of hydrogen-bond acceptors (Lipinski definition) is 5. The molecule has 5 heteroatoms. The van der Waals surface area contributed by atoms with Gasteiger partial charge in [0.25, 0.3) is 0 Å². The monoisotopic (exact) mass is 393 g/mol. The SMILES string of the molecule is CCCCCCOc1ccccc1OCCCCNc1ncnc2ccccc12. The van der Waals surface area contributed by atoms with Crippen molar-refractivity contribution >= 4 is 16.7 Å². The molecule has 0 radical (unpaired) electrons. The molecule has 3 aromatic rings. The van der Waals surface area contributed by atoms with Crippen molar-refractivity contribution in [3.63, 3.8) is 0 Å². The number of nitrogens with one attached hydrogen (secondary N) is 1. The molecule has 0 spiro atoms. The van der Waals surface area contributed by atoms with Crippen LogP contribution in [0.2, 0.25) is 0 Å². The smallest absolute Gasteiger partial charge is 0.161 e. The van der Waals surface area contributed by atoms with Crippen molar-refractivity contribution in [2.75, 3.05) is 25.1 Å². The van der Waals surface area contributed by atoms with E-state index in [2.05, 4.69) is 22.2 Å². The zero-order chi connectivity index (χ0) is 20.2. The summed E-state index contributed by atoms with van der Waals surface area (Å²) in [5, 5.41) is 4.46. The van der Waals surface area contributed by atoms with Crippen molar-refractivity contribution in [1.29, 1.82) is 0 Å². The molecule has 0 amide bonds. The zero-order valence-electron chi connectivity index (χ0n) is 17.3. The molecule has 0 saturated heterocycles. The van der Waals surface area contributed by atoms with Crippen molar-refractivity contribution in [3.8, 4) is 11.5 Å². The van der Waals surface area contributed by atoms with Gasteiger partial charge in [0.05, 0.1) is 18.7 Å². The lowest BCUT2D eigenvalue weighted by molar-refractivity contribution is 0.260. The summed E-state index contributed by atoms with van der Waals surface area (Å²) >= 11 is 0. The Balaban J connectivity index is 1.37. The van der Waals surface area contributed by atoms with Crippen LogP contribution in [-0.2, 0) is 0 Å². The Morgan fingerprint density at radius 2 is 1.45 bits per heavy atom. The Bertz CT molecular complexity index is 864. The van der Waals surface area contributed by atoms with Gasteiger partial charge >= 0.3 is 0 Å². The van der Waals surface area contributed by atoms with Gasteiger partial charge in [-0.2, -0.15) is 0 Å². The highest BCUT2D eigenvalue weighted by atomic mass is 16.5. The van der Waals surface area contributed by atoms with Crippen molar-refractivity contribution in [2.24, 2.45) is 0 Å². The fraction of sp³-hybridized carbons (Fsp3) is 0.417. The highest BCUT2D eigenvalue weighted by Crippen LogP contribution is 2.27. The first-order valence-corrected chi connectivity index (χ1v) is 10.7. The number of para-hydroxylation sites is 3. The van der Waals surface area contributed by atoms with Gasteiger partial charge in [0.1, 0.15) is 12.1 Å². The van der Waals surface area contributed by atoms with Gasteiger partial charge in [-0.15, -0.1) is 0 Å². The summed E-state index contributed by atoms with van der Waals surface area (Å²) in [7, 11) is 0. The molecule has 2 aromatic carbocycles. The number of rotatable bonds is 13. The van der Waals surface area contributed by atoms with Gasteiger partial charge < -0.3 is 14.8 Å². The molecule has 154 valence electrons. The molecule has 0 atom stereocenters. The summed E-state index contributed by atoms with van der Waals surface area (Å²) in [5.41, 5.74) is 0.958. The summed E-state index contributed by atoms with van der Waals surface area (Å²) in [5.74, 6) is 2.56. The second-order valence-corrected chi connectivity index (χ2v) is 7.08. The number of fused-ring (bicyclic) bond motifs is 1. The van der Waals surface area contributed by atoms with Crippen LogP contribution in [0.3, 0.4) is 0 Å². The number of nitrogens with zero attached hydrogens (tertiary/aromatic N) is 2. The molecular weight excluding hydrogens is 362 g/mol. The van der Waals surface area contributed by atoms with Crippen molar-refractivity contribution in [1.82, 2.24) is 9.97 Å². The number of benzene rings is 2. The van der Waals surface area contributed by atoms with E-state index in [-0.39, 0.29) is 0 Å². The molecule has 5 nitrogen and oxygen atoms in total. The Hall–Kier alpha value is -2.82. The van der Waals surface area contributed by atoms with Crippen molar-refractivity contribution in [2.45, 2.75) is 45.4 Å². The minimum absolute atomic E-state index is 0.669. The Kier molecular flexibility index (Phi) is 8.57. The summed E-state index contributed by atoms with van der Waals surface area (Å²) in [6, 6.07) is 16.0. The standard InChI is InChI=1S/C24H31N3O2/c1-2-3-4-10-17-28-22-14-7-8-15-23(22)29-18-11-9-16-25-24-20-12-5-6-13-21(20)26-19-27-24/h5-8,12-15,19H,2-4,9-11,16-18H2,1H3,(H,25,26,27). The molecule has 0 fully saturated rings. The van der Waals surface area contributed by atoms with Gasteiger partial charge in [0.2, 0.25) is 0 Å². The van der Waals surface area contributed by atoms with Crippen molar-refractivity contribution < 1.29 is 9.47 Å². The Morgan fingerprint density at radius 3 is 2.21 bits per heavy atom. The summed E-state index contributed by atoms with van der Waals surface area (Å²) < 4.78 is 11.9. The van der Waals surface area contributed by atoms with E-state index in [4.69, 9.17) is 9.47 Å². The lowest BCUT2D eigenvalue weighted by Gasteiger charge is -2.13. The Labute approximate surface area is 173 Å². The Morgan fingerprint density at radius 1 is 0.759 bits per heavy atom. The number of ether oxygens (including phenoxy) is 2. The highest BCUT2D eigenvalue weighted by Gasteiger charge is 2.05. The first-order chi connectivity index (χ1) is 14.4. The lowest BCUT2D eigenvalue weighted by atomic mass is 10.2. The van der Waals surface area contributed by atoms with Gasteiger partial charge in [-0.3, -0.25) is 0 Å². The van der Waals surface area contributed by atoms with E-state index in [1.165, 1.54) is 19.3 Å². The third kappa shape index (κ3) is 6.63. The number of unbranched alkanes of at least 4 members (excludes halogenated alkanes) is 4. The van der Waals surface area contributed by atoms with Crippen LogP contribution in [0, 0.1) is 0 Å². The van der Waals surface area contributed by atoms with Crippen LogP contribution in [0.4, 0.5) is 5.82 Å². The van der Waals surface area contributed by atoms with E-state index in [9.17, 15) is 0 Å². The third-order valence-corrected chi connectivity index (χ3v) is 4.77. The number of aromatic nitrogens is 2. The van der Waals surface area contributed by atoms with Crippen molar-refractivity contribution in [3.05, 3.63) is 54.9 Å². The van der Waals surface area contributed by atoms with Crippen LogP contribution in [-0.4, -0.2) is 29.7 Å². The van der Waals surface area contributed by atoms with Gasteiger partial charge in [-0.1, -0.05) is 50.5 Å². The first kappa shape index (κ1) is 20.9. The van der Waals surface area contributed by atoms with Crippen LogP contribution < -0.4 is 14.8 Å². The largest absolute Gasteiger partial charge is 0.490 e. The molecule has 0 unspecified atom stereocenters. The zero-order valence-corrected chi connectivity index (χ0v) is 17.3. The minimum atomic E-state index is 0.669. The number of hydrogen-bond donors (Lipinski definition) is 1. The average molecular weight is 394 g/mol. The molecule has 0 saturated carbocycles. The maximum absolute atomic E-state index is 5.96. The molecule has 0 bridgehead atoms. The maximum Gasteiger partial charge on any atom is 0.161 e. The van der Waals surface area contributed by atoms with E-state index in [1.807, 2.05) is 48.5 Å². The van der Waals surface area contributed by atoms with E-state index < -0.39 is 0 Å². The second kappa shape index (κ2) is 11.9. The topological polar surface area (TPSA) is 56.3 Å². The first-order valence-electron chi connectivity index (χ1n) is 10.7. The van der Waals surface area contributed by atoms with E-state index >= 15 is 0 Å². The van der Waals surface area contributed by atoms with E-state index in [1.54, 1.807) is 6.33 Å². The maximum atomic E-state index is 5.96. The van der Waals surface area contributed by atoms with Gasteiger partial charge in [-0.25, -0.2) is 9.97 Å². The molecule has 0 aliphatic heterocycles. The van der Waals surface area contributed by atoms with Crippen LogP contribution in [0.15, 0.2) is 54.9 Å². The molecule has 1 N–H and O–H groups in total. The lowest BCUT2D eigenvalue weighted by Crippen LogP contribution is -2.07. The third-order valence-electron chi connectivity index (χ3n) is 4.77. The predicted octanol–water partition coefficient (Wildman–Crippen LogP) is 5.86. The fourth-order valence-corrected chi connectivity index (χ4v) is 3.16. The normalized spacial score (nSPS) is 10.8. The molecule has 1 heterocycles. The quantitative estimate of drug-likeness (QED) is 0.369. The molecule has 0 aliphatic carbocycles. The van der Waals surface area contributed by atoms with Gasteiger partial charge in [-0.05, 0) is 43.5 Å². The van der Waals surface area contributed by atoms with Crippen LogP contribution in [0.1, 0.15) is 45.4 Å². The molecule has 0 aliphatic rings. The van der Waals surface area contributed by atoms with E-state index in [0.717, 1.165) is 60.6 Å². The molecular formula is C24H31N3O2. The molecule has 29 heavy (non-hydrogen) atoms. The van der Waals surface area contributed by atoms with Crippen LogP contribution >= 0.6 is 0 Å². The summed E-state index contributed by atoms with van der Waals surface area (Å²) in [4.78, 5) is 8.66. The fourth-order valence-electron chi connectivity index (χ4n) is 3.16. The number of anilines is 1. The minimum Gasteiger partial charge on any atom is -0.490 e. The van der Waals surface area contributed by atoms with Gasteiger partial charge in [0, 0.05) is 11.9 Å². The van der Waals surface area contributed by atoms with Crippen LogP contribution in [0.25, 0.3) is 10.9 Å². The second-order valence-electron chi connectivity index (χ2n) is 7.08. The van der Waals surface area contributed by atoms with Crippen LogP contribution in [0.5, 0.6) is 11.5 Å². The molecule has 1 aromatic heterocycles. The van der Waals surface area contributed by atoms with Gasteiger partial charge in [0.15, 0.2) is 11.5 Å². The highest BCUT2D eigenvalue weighted by molar-refractivity contribution is 5.88. The average Bonchev–Trinajstić information content (AvgIpc) is 2.77.